The van der Waals surface area contributed by atoms with Crippen LogP contribution >= 0.6 is 15.2 Å². The van der Waals surface area contributed by atoms with Gasteiger partial charge in [-0.25, -0.2) is 9.97 Å². The molecule has 1 aromatic carbocycles. The van der Waals surface area contributed by atoms with E-state index in [1.165, 1.54) is 0 Å². The van der Waals surface area contributed by atoms with Crippen LogP contribution in [0.25, 0.3) is 11.0 Å². The van der Waals surface area contributed by atoms with Crippen LogP contribution in [0, 0.1) is 0 Å². The van der Waals surface area contributed by atoms with Crippen LogP contribution in [0.3, 0.4) is 0 Å². The van der Waals surface area contributed by atoms with Gasteiger partial charge in [0.05, 0.1) is 61.2 Å². The standard InChI is InChI=1S/C18H28N2O6P2/c1-5-23-27(21,24-6-2)13-17-18(14-28(22,25-7-3)26-8-4)20-16-12-10-9-11-15(16)19-17/h9-12H,5-8,13-14H2,1-4H3. The van der Waals surface area contributed by atoms with Gasteiger partial charge in [-0.05, 0) is 39.8 Å². The fourth-order valence-electron chi connectivity index (χ4n) is 2.74. The first-order valence-electron chi connectivity index (χ1n) is 9.39. The molecule has 0 aliphatic rings. The molecule has 1 heterocycles. The van der Waals surface area contributed by atoms with Gasteiger partial charge >= 0.3 is 15.2 Å². The number of hydrogen-bond acceptors (Lipinski definition) is 8. The van der Waals surface area contributed by atoms with E-state index in [9.17, 15) is 9.13 Å². The molecule has 0 aliphatic heterocycles. The van der Waals surface area contributed by atoms with E-state index >= 15 is 0 Å². The number of para-hydroxylation sites is 2. The Kier molecular flexibility index (Phi) is 8.75. The Morgan fingerprint density at radius 1 is 0.679 bits per heavy atom. The Hall–Kier alpha value is -1.14. The third kappa shape index (κ3) is 6.18. The van der Waals surface area contributed by atoms with Crippen LogP contribution in [0.5, 0.6) is 0 Å². The summed E-state index contributed by atoms with van der Waals surface area (Å²) in [6.07, 6.45) is -0.139. The van der Waals surface area contributed by atoms with Gasteiger partial charge in [-0.1, -0.05) is 12.1 Å². The Morgan fingerprint density at radius 2 is 1.00 bits per heavy atom. The molecule has 2 aromatic rings. The smallest absolute Gasteiger partial charge is 0.309 e. The summed E-state index contributed by atoms with van der Waals surface area (Å²) in [6, 6.07) is 7.31. The molecule has 28 heavy (non-hydrogen) atoms. The maximum absolute atomic E-state index is 13.0. The van der Waals surface area contributed by atoms with Crippen LogP contribution in [-0.4, -0.2) is 36.4 Å². The van der Waals surface area contributed by atoms with E-state index in [-0.39, 0.29) is 38.8 Å². The predicted octanol–water partition coefficient (Wildman–Crippen LogP) is 5.16. The van der Waals surface area contributed by atoms with Crippen molar-refractivity contribution in [2.45, 2.75) is 40.0 Å². The molecule has 0 N–H and O–H groups in total. The van der Waals surface area contributed by atoms with Gasteiger partial charge in [0, 0.05) is 0 Å². The second kappa shape index (κ2) is 10.6. The molecule has 0 amide bonds. The molecule has 0 saturated heterocycles. The van der Waals surface area contributed by atoms with E-state index in [1.54, 1.807) is 27.7 Å². The predicted molar refractivity (Wildman–Crippen MR) is 109 cm³/mol. The number of benzene rings is 1. The van der Waals surface area contributed by atoms with Crippen molar-refractivity contribution in [2.75, 3.05) is 26.4 Å². The van der Waals surface area contributed by atoms with Crippen LogP contribution in [-0.2, 0) is 39.5 Å². The lowest BCUT2D eigenvalue weighted by Crippen LogP contribution is -2.08. The largest absolute Gasteiger partial charge is 0.336 e. The van der Waals surface area contributed by atoms with Crippen molar-refractivity contribution in [1.29, 1.82) is 0 Å². The van der Waals surface area contributed by atoms with Gasteiger partial charge in [0.15, 0.2) is 0 Å². The highest BCUT2D eigenvalue weighted by molar-refractivity contribution is 7.53. The molecule has 156 valence electrons. The van der Waals surface area contributed by atoms with Crippen molar-refractivity contribution >= 4 is 26.2 Å². The molecule has 10 heteroatoms. The van der Waals surface area contributed by atoms with Gasteiger partial charge in [0.1, 0.15) is 0 Å². The highest BCUT2D eigenvalue weighted by Crippen LogP contribution is 2.54. The summed E-state index contributed by atoms with van der Waals surface area (Å²) in [5, 5.41) is 0. The summed E-state index contributed by atoms with van der Waals surface area (Å²) in [4.78, 5) is 9.20. The Labute approximate surface area is 166 Å². The van der Waals surface area contributed by atoms with Gasteiger partial charge in [-0.3, -0.25) is 9.13 Å². The number of hydrogen-bond donors (Lipinski definition) is 0. The fourth-order valence-corrected chi connectivity index (χ4v) is 6.07. The maximum atomic E-state index is 13.0. The molecular weight excluding hydrogens is 402 g/mol. The van der Waals surface area contributed by atoms with Gasteiger partial charge in [-0.2, -0.15) is 0 Å². The fraction of sp³-hybridized carbons (Fsp3) is 0.556. The SMILES string of the molecule is CCOP(=O)(Cc1nc2ccccc2nc1CP(=O)(OCC)OCC)OCC. The third-order valence-corrected chi connectivity index (χ3v) is 7.70. The zero-order chi connectivity index (χ0) is 20.6. The second-order valence-corrected chi connectivity index (χ2v) is 9.92. The minimum atomic E-state index is -3.42. The molecule has 0 bridgehead atoms. The molecule has 0 fully saturated rings. The lowest BCUT2D eigenvalue weighted by molar-refractivity contribution is 0.216. The summed E-state index contributed by atoms with van der Waals surface area (Å²) in [5.74, 6) is 0. The molecular formula is C18H28N2O6P2. The number of rotatable bonds is 12. The van der Waals surface area contributed by atoms with Crippen molar-refractivity contribution in [3.8, 4) is 0 Å². The molecule has 0 unspecified atom stereocenters. The lowest BCUT2D eigenvalue weighted by atomic mass is 10.2. The summed E-state index contributed by atoms with van der Waals surface area (Å²) < 4.78 is 47.7. The van der Waals surface area contributed by atoms with Gasteiger partial charge in [0.25, 0.3) is 0 Å². The van der Waals surface area contributed by atoms with E-state index in [0.29, 0.717) is 22.4 Å². The average molecular weight is 430 g/mol. The molecule has 8 nitrogen and oxygen atoms in total. The topological polar surface area (TPSA) is 96.8 Å². The average Bonchev–Trinajstić information content (AvgIpc) is 2.62. The Morgan fingerprint density at radius 3 is 1.29 bits per heavy atom. The normalized spacial score (nSPS) is 12.6. The van der Waals surface area contributed by atoms with Gasteiger partial charge in [0.2, 0.25) is 0 Å². The van der Waals surface area contributed by atoms with Crippen LogP contribution in [0.4, 0.5) is 0 Å². The molecule has 0 saturated carbocycles. The summed E-state index contributed by atoms with van der Waals surface area (Å²) in [6.45, 7) is 7.95. The minimum absolute atomic E-state index is 0.0693. The number of nitrogens with zero attached hydrogens (tertiary/aromatic N) is 2. The van der Waals surface area contributed by atoms with E-state index in [1.807, 2.05) is 24.3 Å². The highest BCUT2D eigenvalue weighted by Gasteiger charge is 2.31. The molecule has 0 aliphatic carbocycles. The van der Waals surface area contributed by atoms with Crippen LogP contribution in [0.15, 0.2) is 24.3 Å². The van der Waals surface area contributed by atoms with Crippen molar-refractivity contribution in [2.24, 2.45) is 0 Å². The Bertz CT molecular complexity index is 786. The molecule has 1 aromatic heterocycles. The van der Waals surface area contributed by atoms with Crippen LogP contribution in [0.2, 0.25) is 0 Å². The van der Waals surface area contributed by atoms with Gasteiger partial charge < -0.3 is 18.1 Å². The number of aromatic nitrogens is 2. The third-order valence-electron chi connectivity index (χ3n) is 3.72. The Balaban J connectivity index is 2.51. The quantitative estimate of drug-likeness (QED) is 0.426. The molecule has 0 atom stereocenters. The van der Waals surface area contributed by atoms with E-state index in [2.05, 4.69) is 9.97 Å². The monoisotopic (exact) mass is 430 g/mol. The zero-order valence-corrected chi connectivity index (χ0v) is 18.6. The first-order valence-corrected chi connectivity index (χ1v) is 12.8. The summed E-state index contributed by atoms with van der Waals surface area (Å²) >= 11 is 0. The van der Waals surface area contributed by atoms with Crippen molar-refractivity contribution in [3.05, 3.63) is 35.7 Å². The van der Waals surface area contributed by atoms with E-state index in [0.717, 1.165) is 0 Å². The van der Waals surface area contributed by atoms with Crippen molar-refractivity contribution < 1.29 is 27.2 Å². The second-order valence-electron chi connectivity index (χ2n) is 5.81. The van der Waals surface area contributed by atoms with Crippen LogP contribution in [0.1, 0.15) is 39.1 Å². The van der Waals surface area contributed by atoms with Crippen molar-refractivity contribution in [1.82, 2.24) is 9.97 Å². The molecule has 0 spiro atoms. The molecule has 0 radical (unpaired) electrons. The molecule has 2 rings (SSSR count). The van der Waals surface area contributed by atoms with E-state index in [4.69, 9.17) is 18.1 Å². The lowest BCUT2D eigenvalue weighted by Gasteiger charge is -2.20. The van der Waals surface area contributed by atoms with E-state index < -0.39 is 15.2 Å². The maximum Gasteiger partial charge on any atom is 0.336 e. The minimum Gasteiger partial charge on any atom is -0.309 e. The summed E-state index contributed by atoms with van der Waals surface area (Å²) in [7, 11) is -6.83. The summed E-state index contributed by atoms with van der Waals surface area (Å²) in [5.41, 5.74) is 2.10. The first-order chi connectivity index (χ1) is 13.4. The number of fused-ring (bicyclic) bond motifs is 1. The first kappa shape index (κ1) is 23.1. The highest BCUT2D eigenvalue weighted by atomic mass is 31.2. The van der Waals surface area contributed by atoms with Gasteiger partial charge in [-0.15, -0.1) is 0 Å². The zero-order valence-electron chi connectivity index (χ0n) is 16.8. The van der Waals surface area contributed by atoms with Crippen LogP contribution < -0.4 is 0 Å². The van der Waals surface area contributed by atoms with Crippen molar-refractivity contribution in [3.63, 3.8) is 0 Å².